The lowest BCUT2D eigenvalue weighted by Gasteiger charge is -2.30. The average Bonchev–Trinajstić information content (AvgIpc) is 3.39. The lowest BCUT2D eigenvalue weighted by Crippen LogP contribution is -2.36. The molecule has 3 amide bonds. The topological polar surface area (TPSA) is 155 Å². The van der Waals surface area contributed by atoms with Crippen LogP contribution in [-0.4, -0.2) is 63.7 Å². The fraction of sp³-hybridized carbons (Fsp3) is 0.296. The first-order chi connectivity index (χ1) is 19.2. The number of aliphatic carboxylic acids is 1. The molecule has 0 saturated carbocycles. The highest BCUT2D eigenvalue weighted by Crippen LogP contribution is 2.53. The molecular formula is C27H25N3O8S2. The number of carboxylic acids is 1. The molecule has 208 valence electrons. The Hall–Kier alpha value is -4.10. The maximum Gasteiger partial charge on any atom is 0.323 e. The van der Waals surface area contributed by atoms with E-state index in [0.29, 0.717) is 32.7 Å². The molecular weight excluding hydrogens is 558 g/mol. The average molecular weight is 584 g/mol. The summed E-state index contributed by atoms with van der Waals surface area (Å²) in [5.74, 6) is -3.84. The number of carbonyl (C=O) groups excluding carboxylic acids is 3. The van der Waals surface area contributed by atoms with Crippen molar-refractivity contribution in [2.75, 3.05) is 25.1 Å². The molecule has 1 fully saturated rings. The molecule has 11 nitrogen and oxygen atoms in total. The standard InChI is InChI=1S/C27H25N3O8S2/c1-3-37-17-10-14(6-9-16(17)38-12-18(31)28-15-7-4-13(2)5-8-15)20-21-23(39-24-22(20)40-27(36)29-24)26(35)30(25(21)34)11-19(32)33/h4-10,20-21,23H,3,11-12H2,1-2H3,(H,28,31)(H,29,36)(H,32,33)/t20-,21?,23?/m0/s1. The molecule has 2 aliphatic heterocycles. The van der Waals surface area contributed by atoms with Gasteiger partial charge in [-0.1, -0.05) is 46.9 Å². The molecule has 1 aromatic heterocycles. The van der Waals surface area contributed by atoms with E-state index in [4.69, 9.17) is 9.47 Å². The van der Waals surface area contributed by atoms with Gasteiger partial charge < -0.3 is 24.9 Å². The van der Waals surface area contributed by atoms with Crippen molar-refractivity contribution in [3.05, 3.63) is 68.1 Å². The van der Waals surface area contributed by atoms with Crippen LogP contribution in [0.2, 0.25) is 0 Å². The van der Waals surface area contributed by atoms with E-state index in [1.807, 2.05) is 19.1 Å². The first kappa shape index (κ1) is 27.5. The number of benzene rings is 2. The number of likely N-dealkylation sites (tertiary alicyclic amines) is 1. The number of hydrogen-bond acceptors (Lipinski definition) is 9. The fourth-order valence-electron chi connectivity index (χ4n) is 4.81. The molecule has 3 atom stereocenters. The first-order valence-corrected chi connectivity index (χ1v) is 14.1. The lowest BCUT2D eigenvalue weighted by molar-refractivity contribution is -0.149. The molecule has 40 heavy (non-hydrogen) atoms. The van der Waals surface area contributed by atoms with Gasteiger partial charge in [-0.25, -0.2) is 0 Å². The van der Waals surface area contributed by atoms with Crippen LogP contribution in [0.5, 0.6) is 11.5 Å². The molecule has 0 radical (unpaired) electrons. The fourth-order valence-corrected chi connectivity index (χ4v) is 7.34. The first-order valence-electron chi connectivity index (χ1n) is 12.4. The molecule has 5 rings (SSSR count). The van der Waals surface area contributed by atoms with E-state index < -0.39 is 41.4 Å². The van der Waals surface area contributed by atoms with Crippen LogP contribution in [0.4, 0.5) is 5.69 Å². The summed E-state index contributed by atoms with van der Waals surface area (Å²) in [4.78, 5) is 66.2. The molecule has 2 aliphatic rings. The van der Waals surface area contributed by atoms with Crippen molar-refractivity contribution < 1.29 is 33.8 Å². The SMILES string of the molecule is CCOc1cc([C@@H]2c3sc(=O)[nH]c3SC3C(=O)N(CC(=O)O)C(=O)C32)ccc1OCC(=O)Nc1ccc(C)cc1. The molecule has 3 N–H and O–H groups in total. The number of H-pyrrole nitrogens is 1. The van der Waals surface area contributed by atoms with Crippen LogP contribution in [0.1, 0.15) is 28.8 Å². The van der Waals surface area contributed by atoms with Gasteiger partial charge in [0.15, 0.2) is 18.1 Å². The van der Waals surface area contributed by atoms with Crippen LogP contribution in [0.25, 0.3) is 0 Å². The van der Waals surface area contributed by atoms with E-state index in [0.717, 1.165) is 33.6 Å². The number of imide groups is 1. The number of nitrogens with zero attached hydrogens (tertiary/aromatic N) is 1. The van der Waals surface area contributed by atoms with E-state index in [1.54, 1.807) is 37.3 Å². The van der Waals surface area contributed by atoms with Crippen molar-refractivity contribution in [3.8, 4) is 11.5 Å². The molecule has 0 spiro atoms. The Kier molecular flexibility index (Phi) is 7.68. The zero-order valence-electron chi connectivity index (χ0n) is 21.5. The van der Waals surface area contributed by atoms with Crippen LogP contribution in [0.15, 0.2) is 52.3 Å². The number of rotatable bonds is 9. The summed E-state index contributed by atoms with van der Waals surface area (Å²) in [6, 6.07) is 12.3. The van der Waals surface area contributed by atoms with E-state index >= 15 is 0 Å². The Labute approximate surface area is 236 Å². The third-order valence-corrected chi connectivity index (χ3v) is 8.93. The number of carbonyl (C=O) groups is 4. The lowest BCUT2D eigenvalue weighted by atomic mass is 9.83. The number of fused-ring (bicyclic) bond motifs is 2. The predicted octanol–water partition coefficient (Wildman–Crippen LogP) is 2.84. The maximum atomic E-state index is 13.4. The zero-order chi connectivity index (χ0) is 28.6. The molecule has 0 bridgehead atoms. The third kappa shape index (κ3) is 5.34. The summed E-state index contributed by atoms with van der Waals surface area (Å²) in [5.41, 5.74) is 2.29. The highest BCUT2D eigenvalue weighted by Gasteiger charge is 2.56. The van der Waals surface area contributed by atoms with Crippen molar-refractivity contribution in [3.63, 3.8) is 0 Å². The monoisotopic (exact) mass is 583 g/mol. The molecule has 0 aliphatic carbocycles. The second-order valence-corrected chi connectivity index (χ2v) is 11.4. The third-order valence-electron chi connectivity index (χ3n) is 6.53. The minimum absolute atomic E-state index is 0.279. The summed E-state index contributed by atoms with van der Waals surface area (Å²) in [7, 11) is 0. The summed E-state index contributed by atoms with van der Waals surface area (Å²) >= 11 is 2.01. The van der Waals surface area contributed by atoms with Crippen molar-refractivity contribution in [1.82, 2.24) is 9.88 Å². The van der Waals surface area contributed by atoms with E-state index in [2.05, 4.69) is 10.3 Å². The summed E-state index contributed by atoms with van der Waals surface area (Å²) in [6.45, 7) is 3.01. The van der Waals surface area contributed by atoms with Gasteiger partial charge in [0.1, 0.15) is 11.8 Å². The molecule has 3 heterocycles. The molecule has 2 aromatic carbocycles. The van der Waals surface area contributed by atoms with Gasteiger partial charge in [0.25, 0.3) is 5.91 Å². The summed E-state index contributed by atoms with van der Waals surface area (Å²) < 4.78 is 11.6. The number of thioether (sulfide) groups is 1. The molecule has 3 aromatic rings. The molecule has 2 unspecified atom stereocenters. The van der Waals surface area contributed by atoms with Gasteiger partial charge >= 0.3 is 10.8 Å². The smallest absolute Gasteiger partial charge is 0.323 e. The maximum absolute atomic E-state index is 13.4. The quantitative estimate of drug-likeness (QED) is 0.323. The number of amides is 3. The number of aromatic amines is 1. The van der Waals surface area contributed by atoms with E-state index in [-0.39, 0.29) is 24.0 Å². The van der Waals surface area contributed by atoms with Crippen LogP contribution >= 0.6 is 23.1 Å². The second kappa shape index (κ2) is 11.2. The predicted molar refractivity (Wildman–Crippen MR) is 147 cm³/mol. The highest BCUT2D eigenvalue weighted by atomic mass is 32.2. The number of nitrogens with one attached hydrogen (secondary N) is 2. The van der Waals surface area contributed by atoms with Gasteiger partial charge in [-0.05, 0) is 43.7 Å². The minimum Gasteiger partial charge on any atom is -0.490 e. The van der Waals surface area contributed by atoms with Gasteiger partial charge in [-0.15, -0.1) is 0 Å². The zero-order valence-corrected chi connectivity index (χ0v) is 23.1. The normalized spacial score (nSPS) is 19.6. The summed E-state index contributed by atoms with van der Waals surface area (Å²) in [5, 5.41) is 11.6. The van der Waals surface area contributed by atoms with Crippen LogP contribution in [0, 0.1) is 12.8 Å². The number of hydrogen-bond donors (Lipinski definition) is 3. The van der Waals surface area contributed by atoms with Gasteiger partial charge in [0.2, 0.25) is 11.8 Å². The van der Waals surface area contributed by atoms with Crippen LogP contribution < -0.4 is 19.7 Å². The Morgan fingerprint density at radius 2 is 1.80 bits per heavy atom. The van der Waals surface area contributed by atoms with Gasteiger partial charge in [0, 0.05) is 16.5 Å². The number of anilines is 1. The number of thiazole rings is 1. The van der Waals surface area contributed by atoms with Crippen molar-refractivity contribution in [1.29, 1.82) is 0 Å². The van der Waals surface area contributed by atoms with E-state index in [1.165, 1.54) is 0 Å². The van der Waals surface area contributed by atoms with Crippen LogP contribution in [-0.2, 0) is 19.2 Å². The Balaban J connectivity index is 1.43. The Morgan fingerprint density at radius 1 is 1.05 bits per heavy atom. The largest absolute Gasteiger partial charge is 0.490 e. The number of aryl methyl sites for hydroxylation is 1. The number of carboxylic acid groups (broad SMARTS) is 1. The van der Waals surface area contributed by atoms with Crippen LogP contribution in [0.3, 0.4) is 0 Å². The summed E-state index contributed by atoms with van der Waals surface area (Å²) in [6.07, 6.45) is 0. The second-order valence-electron chi connectivity index (χ2n) is 9.25. The van der Waals surface area contributed by atoms with E-state index in [9.17, 15) is 29.1 Å². The molecule has 1 saturated heterocycles. The number of aromatic nitrogens is 1. The number of ether oxygens (including phenoxy) is 2. The van der Waals surface area contributed by atoms with Gasteiger partial charge in [-0.3, -0.25) is 28.9 Å². The Morgan fingerprint density at radius 3 is 2.50 bits per heavy atom. The Bertz CT molecular complexity index is 1550. The van der Waals surface area contributed by atoms with Crippen molar-refractivity contribution >= 4 is 52.5 Å². The van der Waals surface area contributed by atoms with Gasteiger partial charge in [-0.2, -0.15) is 0 Å². The molecule has 13 heteroatoms. The van der Waals surface area contributed by atoms with Crippen molar-refractivity contribution in [2.24, 2.45) is 5.92 Å². The van der Waals surface area contributed by atoms with Crippen molar-refractivity contribution in [2.45, 2.75) is 30.0 Å². The van der Waals surface area contributed by atoms with Gasteiger partial charge in [0.05, 0.1) is 17.6 Å². The minimum atomic E-state index is -1.29. The highest BCUT2D eigenvalue weighted by molar-refractivity contribution is 8.00.